The number of carbonyl (C=O) groups is 1. The lowest BCUT2D eigenvalue weighted by molar-refractivity contribution is -0.118. The van der Waals surface area contributed by atoms with Crippen molar-refractivity contribution in [2.75, 3.05) is 18.2 Å². The van der Waals surface area contributed by atoms with Gasteiger partial charge in [0.15, 0.2) is 0 Å². The first kappa shape index (κ1) is 15.9. The van der Waals surface area contributed by atoms with E-state index in [1.54, 1.807) is 11.1 Å². The van der Waals surface area contributed by atoms with E-state index in [0.717, 1.165) is 11.6 Å². The summed E-state index contributed by atoms with van der Waals surface area (Å²) in [7, 11) is -1.11. The summed E-state index contributed by atoms with van der Waals surface area (Å²) in [4.78, 5) is 17.9. The molecule has 0 bridgehead atoms. The van der Waals surface area contributed by atoms with Gasteiger partial charge in [0.2, 0.25) is 5.91 Å². The first-order valence-electron chi connectivity index (χ1n) is 6.50. The number of fused-ring (bicyclic) bond motifs is 1. The summed E-state index contributed by atoms with van der Waals surface area (Å²) in [6, 6.07) is 1.08. The fourth-order valence-corrected chi connectivity index (χ4v) is 3.21. The lowest BCUT2D eigenvalue weighted by Gasteiger charge is -2.19. The second-order valence-corrected chi connectivity index (χ2v) is 12.9. The number of anilines is 1. The van der Waals surface area contributed by atoms with Crippen molar-refractivity contribution in [1.29, 1.82) is 0 Å². The van der Waals surface area contributed by atoms with Gasteiger partial charge in [0.05, 0.1) is 15.9 Å². The second kappa shape index (κ2) is 6.13. The van der Waals surface area contributed by atoms with Crippen LogP contribution in [-0.4, -0.2) is 32.3 Å². The van der Waals surface area contributed by atoms with Gasteiger partial charge in [0.1, 0.15) is 12.5 Å². The first-order valence-corrected chi connectivity index (χ1v) is 11.4. The standard InChI is InChI=1S/C13H18BrClN2O2Si/c1-20(2,3)5-4-19-8-17-11(18)6-9-12(15)10(14)7-16-13(9)17/h7H,4-6,8H2,1-3H3. The van der Waals surface area contributed by atoms with Crippen LogP contribution in [0.25, 0.3) is 0 Å². The molecular weight excluding hydrogens is 360 g/mol. The van der Waals surface area contributed by atoms with Crippen LogP contribution in [0.1, 0.15) is 5.56 Å². The van der Waals surface area contributed by atoms with Crippen LogP contribution < -0.4 is 4.90 Å². The molecule has 110 valence electrons. The van der Waals surface area contributed by atoms with Gasteiger partial charge in [-0.3, -0.25) is 9.69 Å². The number of ether oxygens (including phenoxy) is 1. The zero-order chi connectivity index (χ0) is 14.9. The Bertz CT molecular complexity index is 534. The normalized spacial score (nSPS) is 14.8. The van der Waals surface area contributed by atoms with E-state index >= 15 is 0 Å². The van der Waals surface area contributed by atoms with Crippen molar-refractivity contribution >= 4 is 47.3 Å². The van der Waals surface area contributed by atoms with Crippen molar-refractivity contribution in [3.05, 3.63) is 21.3 Å². The molecule has 1 aromatic heterocycles. The van der Waals surface area contributed by atoms with Gasteiger partial charge >= 0.3 is 0 Å². The summed E-state index contributed by atoms with van der Waals surface area (Å²) in [6.07, 6.45) is 1.91. The third-order valence-electron chi connectivity index (χ3n) is 3.15. The molecule has 0 N–H and O–H groups in total. The largest absolute Gasteiger partial charge is 0.361 e. The van der Waals surface area contributed by atoms with E-state index in [-0.39, 0.29) is 19.1 Å². The van der Waals surface area contributed by atoms with Crippen LogP contribution in [0.5, 0.6) is 0 Å². The zero-order valence-corrected chi connectivity index (χ0v) is 15.2. The van der Waals surface area contributed by atoms with E-state index in [1.807, 2.05) is 0 Å². The predicted octanol–water partition coefficient (Wildman–Crippen LogP) is 3.70. The molecule has 1 amide bonds. The molecule has 2 heterocycles. The molecule has 0 saturated heterocycles. The lowest BCUT2D eigenvalue weighted by atomic mass is 10.2. The Kier molecular flexibility index (Phi) is 4.89. The summed E-state index contributed by atoms with van der Waals surface area (Å²) in [5.41, 5.74) is 0.778. The van der Waals surface area contributed by atoms with Gasteiger partial charge in [-0.15, -0.1) is 0 Å². The fourth-order valence-electron chi connectivity index (χ4n) is 1.92. The maximum Gasteiger partial charge on any atom is 0.234 e. The lowest BCUT2D eigenvalue weighted by Crippen LogP contribution is -2.31. The summed E-state index contributed by atoms with van der Waals surface area (Å²) >= 11 is 9.51. The van der Waals surface area contributed by atoms with Crippen molar-refractivity contribution in [2.45, 2.75) is 32.1 Å². The number of halogens is 2. The van der Waals surface area contributed by atoms with Crippen molar-refractivity contribution in [3.63, 3.8) is 0 Å². The minimum absolute atomic E-state index is 0.0134. The Morgan fingerprint density at radius 1 is 1.50 bits per heavy atom. The molecule has 1 aromatic rings. The predicted molar refractivity (Wildman–Crippen MR) is 87.1 cm³/mol. The van der Waals surface area contributed by atoms with Crippen molar-refractivity contribution in [3.8, 4) is 0 Å². The van der Waals surface area contributed by atoms with E-state index in [1.165, 1.54) is 0 Å². The van der Waals surface area contributed by atoms with E-state index in [9.17, 15) is 4.79 Å². The van der Waals surface area contributed by atoms with E-state index in [4.69, 9.17) is 16.3 Å². The molecule has 0 saturated carbocycles. The third kappa shape index (κ3) is 3.61. The smallest absolute Gasteiger partial charge is 0.234 e. The molecule has 0 aromatic carbocycles. The molecule has 0 spiro atoms. The molecule has 1 aliphatic rings. The Morgan fingerprint density at radius 3 is 2.85 bits per heavy atom. The maximum atomic E-state index is 12.0. The summed E-state index contributed by atoms with van der Waals surface area (Å²) in [6.45, 7) is 7.82. The number of rotatable bonds is 5. The van der Waals surface area contributed by atoms with Crippen LogP contribution in [0.4, 0.5) is 5.82 Å². The molecule has 0 aliphatic carbocycles. The van der Waals surface area contributed by atoms with Crippen LogP contribution in [0.3, 0.4) is 0 Å². The minimum atomic E-state index is -1.11. The number of hydrogen-bond donors (Lipinski definition) is 0. The van der Waals surface area contributed by atoms with Crippen LogP contribution in [0.15, 0.2) is 10.7 Å². The topological polar surface area (TPSA) is 42.4 Å². The average Bonchev–Trinajstić information content (AvgIpc) is 2.66. The number of aromatic nitrogens is 1. The highest BCUT2D eigenvalue weighted by atomic mass is 79.9. The van der Waals surface area contributed by atoms with Crippen LogP contribution in [-0.2, 0) is 16.0 Å². The number of hydrogen-bond acceptors (Lipinski definition) is 3. The molecule has 0 unspecified atom stereocenters. The molecule has 20 heavy (non-hydrogen) atoms. The van der Waals surface area contributed by atoms with Gasteiger partial charge in [0.25, 0.3) is 0 Å². The van der Waals surface area contributed by atoms with Crippen LogP contribution in [0.2, 0.25) is 30.7 Å². The quantitative estimate of drug-likeness (QED) is 0.580. The van der Waals surface area contributed by atoms with E-state index in [2.05, 4.69) is 40.6 Å². The Morgan fingerprint density at radius 2 is 2.20 bits per heavy atom. The van der Waals surface area contributed by atoms with E-state index in [0.29, 0.717) is 21.9 Å². The highest BCUT2D eigenvalue weighted by Crippen LogP contribution is 2.36. The van der Waals surface area contributed by atoms with Crippen molar-refractivity contribution < 1.29 is 9.53 Å². The van der Waals surface area contributed by atoms with Crippen LogP contribution >= 0.6 is 27.5 Å². The van der Waals surface area contributed by atoms with Gasteiger partial charge in [-0.25, -0.2) is 4.98 Å². The third-order valence-corrected chi connectivity index (χ3v) is 6.11. The summed E-state index contributed by atoms with van der Waals surface area (Å²) in [5, 5.41) is 0.563. The molecule has 4 nitrogen and oxygen atoms in total. The number of pyridine rings is 1. The molecular formula is C13H18BrClN2O2Si. The highest BCUT2D eigenvalue weighted by Gasteiger charge is 2.31. The summed E-state index contributed by atoms with van der Waals surface area (Å²) < 4.78 is 6.35. The number of carbonyl (C=O) groups excluding carboxylic acids is 1. The molecule has 0 atom stereocenters. The minimum Gasteiger partial charge on any atom is -0.361 e. The summed E-state index contributed by atoms with van der Waals surface area (Å²) in [5.74, 6) is 0.608. The number of nitrogens with zero attached hydrogens (tertiary/aromatic N) is 2. The zero-order valence-electron chi connectivity index (χ0n) is 11.9. The average molecular weight is 378 g/mol. The van der Waals surface area contributed by atoms with E-state index < -0.39 is 8.07 Å². The monoisotopic (exact) mass is 376 g/mol. The molecule has 0 radical (unpaired) electrons. The van der Waals surface area contributed by atoms with Gasteiger partial charge in [-0.2, -0.15) is 0 Å². The Balaban J connectivity index is 2.01. The Hall–Kier alpha value is -0.433. The van der Waals surface area contributed by atoms with Gasteiger partial charge in [-0.1, -0.05) is 31.2 Å². The molecule has 2 rings (SSSR count). The van der Waals surface area contributed by atoms with Crippen molar-refractivity contribution in [2.24, 2.45) is 0 Å². The molecule has 1 aliphatic heterocycles. The van der Waals surface area contributed by atoms with Crippen molar-refractivity contribution in [1.82, 2.24) is 4.98 Å². The molecule has 0 fully saturated rings. The highest BCUT2D eigenvalue weighted by molar-refractivity contribution is 9.10. The first-order chi connectivity index (χ1) is 9.29. The van der Waals surface area contributed by atoms with Gasteiger partial charge < -0.3 is 4.74 Å². The number of amides is 1. The SMILES string of the molecule is C[Si](C)(C)CCOCN1C(=O)Cc2c1ncc(Br)c2Cl. The fraction of sp³-hybridized carbons (Fsp3) is 0.538. The second-order valence-electron chi connectivity index (χ2n) is 6.07. The molecule has 7 heteroatoms. The van der Waals surface area contributed by atoms with Gasteiger partial charge in [-0.05, 0) is 22.0 Å². The maximum absolute atomic E-state index is 12.0. The Labute approximate surface area is 133 Å². The van der Waals surface area contributed by atoms with Crippen LogP contribution in [0, 0.1) is 0 Å². The van der Waals surface area contributed by atoms with Gasteiger partial charge in [0, 0.05) is 26.4 Å².